The number of nitrogens with one attached hydrogen (secondary N) is 2. The molecule has 0 spiro atoms. The molecule has 0 bridgehead atoms. The van der Waals surface area contributed by atoms with Gasteiger partial charge in [0.05, 0.1) is 11.6 Å². The van der Waals surface area contributed by atoms with Crippen molar-refractivity contribution < 1.29 is 18.4 Å². The Labute approximate surface area is 96.0 Å². The molecule has 1 atom stereocenters. The largest absolute Gasteiger partial charge is 0.354 e. The highest BCUT2D eigenvalue weighted by molar-refractivity contribution is 5.95. The standard InChI is InChI=1S/C11H10F2N2O2/c12-8-3-1-2-7(10(8)13)11(17)15-6-4-9(16)14-5-6/h1-3,6H,4-5H2,(H,14,16)(H,15,17). The van der Waals surface area contributed by atoms with Crippen molar-refractivity contribution in [2.24, 2.45) is 0 Å². The highest BCUT2D eigenvalue weighted by Gasteiger charge is 2.24. The van der Waals surface area contributed by atoms with Crippen molar-refractivity contribution in [1.82, 2.24) is 10.6 Å². The average Bonchev–Trinajstić information content (AvgIpc) is 2.68. The SMILES string of the molecule is O=C1CC(NC(=O)c2cccc(F)c2F)CN1. The van der Waals surface area contributed by atoms with Crippen molar-refractivity contribution in [3.63, 3.8) is 0 Å². The normalized spacial score (nSPS) is 18.9. The first kappa shape index (κ1) is 11.5. The van der Waals surface area contributed by atoms with Gasteiger partial charge in [0.1, 0.15) is 0 Å². The molecular weight excluding hydrogens is 230 g/mol. The van der Waals surface area contributed by atoms with Crippen LogP contribution in [0.4, 0.5) is 8.78 Å². The zero-order chi connectivity index (χ0) is 12.4. The molecule has 2 N–H and O–H groups in total. The summed E-state index contributed by atoms with van der Waals surface area (Å²) in [6.07, 6.45) is 0.155. The zero-order valence-corrected chi connectivity index (χ0v) is 8.80. The molecule has 0 aliphatic carbocycles. The van der Waals surface area contributed by atoms with Crippen LogP contribution in [0.15, 0.2) is 18.2 Å². The van der Waals surface area contributed by atoms with Crippen LogP contribution in [0.5, 0.6) is 0 Å². The van der Waals surface area contributed by atoms with Gasteiger partial charge in [-0.3, -0.25) is 9.59 Å². The molecule has 90 valence electrons. The van der Waals surface area contributed by atoms with E-state index in [0.29, 0.717) is 6.54 Å². The fourth-order valence-electron chi connectivity index (χ4n) is 1.65. The molecular formula is C11H10F2N2O2. The number of carbonyl (C=O) groups excluding carboxylic acids is 2. The lowest BCUT2D eigenvalue weighted by Gasteiger charge is -2.10. The van der Waals surface area contributed by atoms with Gasteiger partial charge in [-0.1, -0.05) is 6.07 Å². The minimum absolute atomic E-state index is 0.155. The van der Waals surface area contributed by atoms with E-state index in [4.69, 9.17) is 0 Å². The second-order valence-electron chi connectivity index (χ2n) is 3.78. The van der Waals surface area contributed by atoms with E-state index < -0.39 is 17.5 Å². The van der Waals surface area contributed by atoms with Gasteiger partial charge in [0.15, 0.2) is 11.6 Å². The van der Waals surface area contributed by atoms with Crippen LogP contribution >= 0.6 is 0 Å². The summed E-state index contributed by atoms with van der Waals surface area (Å²) in [5, 5.41) is 5.00. The summed E-state index contributed by atoms with van der Waals surface area (Å²) in [6, 6.07) is 3.01. The maximum atomic E-state index is 13.3. The molecule has 17 heavy (non-hydrogen) atoms. The topological polar surface area (TPSA) is 58.2 Å². The van der Waals surface area contributed by atoms with E-state index >= 15 is 0 Å². The molecule has 0 aromatic heterocycles. The first-order valence-corrected chi connectivity index (χ1v) is 5.09. The van der Waals surface area contributed by atoms with E-state index in [9.17, 15) is 18.4 Å². The summed E-state index contributed by atoms with van der Waals surface area (Å²) >= 11 is 0. The Hall–Kier alpha value is -1.98. The summed E-state index contributed by atoms with van der Waals surface area (Å²) in [5.74, 6) is -3.14. The van der Waals surface area contributed by atoms with Crippen molar-refractivity contribution in [2.45, 2.75) is 12.5 Å². The van der Waals surface area contributed by atoms with Gasteiger partial charge in [0.2, 0.25) is 5.91 Å². The van der Waals surface area contributed by atoms with Crippen LogP contribution in [0.3, 0.4) is 0 Å². The van der Waals surface area contributed by atoms with Crippen molar-refractivity contribution in [2.75, 3.05) is 6.54 Å². The summed E-state index contributed by atoms with van der Waals surface area (Å²) in [4.78, 5) is 22.5. The highest BCUT2D eigenvalue weighted by atomic mass is 19.2. The Kier molecular flexibility index (Phi) is 3.03. The smallest absolute Gasteiger partial charge is 0.254 e. The lowest BCUT2D eigenvalue weighted by atomic mass is 10.1. The summed E-state index contributed by atoms with van der Waals surface area (Å²) < 4.78 is 26.2. The number of hydrogen-bond acceptors (Lipinski definition) is 2. The van der Waals surface area contributed by atoms with Crippen molar-refractivity contribution >= 4 is 11.8 Å². The third-order valence-corrected chi connectivity index (χ3v) is 2.51. The predicted molar refractivity (Wildman–Crippen MR) is 55.2 cm³/mol. The summed E-state index contributed by atoms with van der Waals surface area (Å²) in [6.45, 7) is 0.307. The summed E-state index contributed by atoms with van der Waals surface area (Å²) in [5.41, 5.74) is -0.357. The van der Waals surface area contributed by atoms with Crippen molar-refractivity contribution in [1.29, 1.82) is 0 Å². The van der Waals surface area contributed by atoms with Gasteiger partial charge in [0.25, 0.3) is 5.91 Å². The van der Waals surface area contributed by atoms with Crippen LogP contribution < -0.4 is 10.6 Å². The number of carbonyl (C=O) groups is 2. The first-order valence-electron chi connectivity index (χ1n) is 5.09. The lowest BCUT2D eigenvalue weighted by Crippen LogP contribution is -2.36. The molecule has 1 heterocycles. The molecule has 0 saturated carbocycles. The number of benzene rings is 1. The van der Waals surface area contributed by atoms with Gasteiger partial charge < -0.3 is 10.6 Å². The lowest BCUT2D eigenvalue weighted by molar-refractivity contribution is -0.119. The Morgan fingerprint density at radius 2 is 2.18 bits per heavy atom. The third kappa shape index (κ3) is 2.41. The zero-order valence-electron chi connectivity index (χ0n) is 8.80. The van der Waals surface area contributed by atoms with Crippen LogP contribution in [-0.2, 0) is 4.79 Å². The first-order chi connectivity index (χ1) is 8.08. The van der Waals surface area contributed by atoms with E-state index in [1.54, 1.807) is 0 Å². The van der Waals surface area contributed by atoms with Gasteiger partial charge in [-0.05, 0) is 12.1 Å². The molecule has 1 unspecified atom stereocenters. The molecule has 4 nitrogen and oxygen atoms in total. The van der Waals surface area contributed by atoms with Crippen molar-refractivity contribution in [3.05, 3.63) is 35.4 Å². The Bertz CT molecular complexity index is 477. The molecule has 2 amide bonds. The van der Waals surface area contributed by atoms with Gasteiger partial charge in [0, 0.05) is 13.0 Å². The molecule has 1 fully saturated rings. The van der Waals surface area contributed by atoms with Crippen LogP contribution in [0, 0.1) is 11.6 Å². The molecule has 1 aromatic carbocycles. The fraction of sp³-hybridized carbons (Fsp3) is 0.273. The highest BCUT2D eigenvalue weighted by Crippen LogP contribution is 2.12. The van der Waals surface area contributed by atoms with Crippen LogP contribution in [0.2, 0.25) is 0 Å². The molecule has 2 rings (SSSR count). The van der Waals surface area contributed by atoms with Crippen molar-refractivity contribution in [3.8, 4) is 0 Å². The Morgan fingerprint density at radius 3 is 2.82 bits per heavy atom. The summed E-state index contributed by atoms with van der Waals surface area (Å²) in [7, 11) is 0. The van der Waals surface area contributed by atoms with E-state index in [0.717, 1.165) is 6.07 Å². The van der Waals surface area contributed by atoms with Crippen LogP contribution in [-0.4, -0.2) is 24.4 Å². The second kappa shape index (κ2) is 4.48. The molecule has 1 aliphatic rings. The molecule has 1 aromatic rings. The molecule has 6 heteroatoms. The number of amides is 2. The van der Waals surface area contributed by atoms with E-state index in [1.807, 2.05) is 0 Å². The quantitative estimate of drug-likeness (QED) is 0.794. The Balaban J connectivity index is 2.09. The van der Waals surface area contributed by atoms with Gasteiger partial charge >= 0.3 is 0 Å². The minimum Gasteiger partial charge on any atom is -0.354 e. The maximum absolute atomic E-state index is 13.3. The number of halogens is 2. The van der Waals surface area contributed by atoms with E-state index in [1.165, 1.54) is 12.1 Å². The molecule has 1 saturated heterocycles. The minimum atomic E-state index is -1.18. The van der Waals surface area contributed by atoms with E-state index in [2.05, 4.69) is 10.6 Å². The fourth-order valence-corrected chi connectivity index (χ4v) is 1.65. The van der Waals surface area contributed by atoms with Gasteiger partial charge in [-0.25, -0.2) is 8.78 Å². The molecule has 0 radical (unpaired) electrons. The number of hydrogen-bond donors (Lipinski definition) is 2. The molecule has 1 aliphatic heterocycles. The average molecular weight is 240 g/mol. The third-order valence-electron chi connectivity index (χ3n) is 2.51. The number of rotatable bonds is 2. The van der Waals surface area contributed by atoms with Crippen LogP contribution in [0.25, 0.3) is 0 Å². The monoisotopic (exact) mass is 240 g/mol. The predicted octanol–water partition coefficient (Wildman–Crippen LogP) is 0.583. The van der Waals surface area contributed by atoms with E-state index in [-0.39, 0.29) is 23.9 Å². The van der Waals surface area contributed by atoms with Gasteiger partial charge in [-0.2, -0.15) is 0 Å². The Morgan fingerprint density at radius 1 is 1.41 bits per heavy atom. The maximum Gasteiger partial charge on any atom is 0.254 e. The second-order valence-corrected chi connectivity index (χ2v) is 3.78. The van der Waals surface area contributed by atoms with Gasteiger partial charge in [-0.15, -0.1) is 0 Å². The van der Waals surface area contributed by atoms with Crippen LogP contribution in [0.1, 0.15) is 16.8 Å².